The molecule has 0 radical (unpaired) electrons. The highest BCUT2D eigenvalue weighted by Crippen LogP contribution is 2.21. The highest BCUT2D eigenvalue weighted by molar-refractivity contribution is 5.49. The fourth-order valence-electron chi connectivity index (χ4n) is 1.56. The van der Waals surface area contributed by atoms with E-state index >= 15 is 0 Å². The Hall–Kier alpha value is -2.03. The number of hydrogen-bond acceptors (Lipinski definition) is 2. The second-order valence-corrected chi connectivity index (χ2v) is 3.68. The summed E-state index contributed by atoms with van der Waals surface area (Å²) < 4.78 is 18.5. The van der Waals surface area contributed by atoms with Crippen LogP contribution in [0.3, 0.4) is 0 Å². The SMILES string of the molecule is COc1ccc(F)c(NCc2ccccc2)c1. The van der Waals surface area contributed by atoms with Gasteiger partial charge in [-0.1, -0.05) is 30.3 Å². The molecule has 0 aliphatic rings. The van der Waals surface area contributed by atoms with E-state index in [9.17, 15) is 4.39 Å². The molecule has 3 heteroatoms. The van der Waals surface area contributed by atoms with Crippen molar-refractivity contribution >= 4 is 5.69 Å². The Balaban J connectivity index is 2.08. The average molecular weight is 231 g/mol. The first-order chi connectivity index (χ1) is 8.29. The Morgan fingerprint density at radius 1 is 1.12 bits per heavy atom. The molecule has 0 aromatic heterocycles. The number of ether oxygens (including phenoxy) is 1. The molecule has 0 amide bonds. The molecule has 2 aromatic rings. The van der Waals surface area contributed by atoms with E-state index in [4.69, 9.17) is 4.74 Å². The molecule has 0 heterocycles. The Kier molecular flexibility index (Phi) is 3.60. The van der Waals surface area contributed by atoms with Gasteiger partial charge in [-0.25, -0.2) is 4.39 Å². The monoisotopic (exact) mass is 231 g/mol. The number of benzene rings is 2. The predicted molar refractivity (Wildman–Crippen MR) is 66.7 cm³/mol. The summed E-state index contributed by atoms with van der Waals surface area (Å²) in [5.41, 5.74) is 1.56. The normalized spacial score (nSPS) is 10.0. The van der Waals surface area contributed by atoms with Crippen molar-refractivity contribution in [3.05, 3.63) is 59.9 Å². The van der Waals surface area contributed by atoms with E-state index in [0.717, 1.165) is 5.56 Å². The lowest BCUT2D eigenvalue weighted by Gasteiger charge is -2.09. The van der Waals surface area contributed by atoms with Gasteiger partial charge in [0, 0.05) is 12.6 Å². The van der Waals surface area contributed by atoms with Crippen LogP contribution in [-0.4, -0.2) is 7.11 Å². The van der Waals surface area contributed by atoms with E-state index in [1.54, 1.807) is 19.2 Å². The largest absolute Gasteiger partial charge is 0.497 e. The molecule has 0 saturated carbocycles. The van der Waals surface area contributed by atoms with Crippen LogP contribution in [0.5, 0.6) is 5.75 Å². The lowest BCUT2D eigenvalue weighted by atomic mass is 10.2. The van der Waals surface area contributed by atoms with Crippen molar-refractivity contribution < 1.29 is 9.13 Å². The van der Waals surface area contributed by atoms with Crippen LogP contribution in [0.15, 0.2) is 48.5 Å². The molecule has 2 nitrogen and oxygen atoms in total. The summed E-state index contributed by atoms with van der Waals surface area (Å²) in [6, 6.07) is 14.5. The Morgan fingerprint density at radius 3 is 2.59 bits per heavy atom. The molecule has 2 aromatic carbocycles. The van der Waals surface area contributed by atoms with Crippen molar-refractivity contribution in [2.24, 2.45) is 0 Å². The Bertz CT molecular complexity index is 485. The molecule has 0 saturated heterocycles. The minimum atomic E-state index is -0.276. The van der Waals surface area contributed by atoms with Crippen LogP contribution >= 0.6 is 0 Å². The van der Waals surface area contributed by atoms with E-state index in [-0.39, 0.29) is 5.82 Å². The lowest BCUT2D eigenvalue weighted by molar-refractivity contribution is 0.414. The number of anilines is 1. The third kappa shape index (κ3) is 2.97. The number of nitrogens with one attached hydrogen (secondary N) is 1. The minimum Gasteiger partial charge on any atom is -0.497 e. The van der Waals surface area contributed by atoms with Gasteiger partial charge in [0.25, 0.3) is 0 Å². The van der Waals surface area contributed by atoms with Crippen molar-refractivity contribution in [2.45, 2.75) is 6.54 Å². The second-order valence-electron chi connectivity index (χ2n) is 3.68. The van der Waals surface area contributed by atoms with E-state index in [2.05, 4.69) is 5.32 Å². The molecule has 0 spiro atoms. The van der Waals surface area contributed by atoms with Crippen LogP contribution in [0.1, 0.15) is 5.56 Å². The van der Waals surface area contributed by atoms with E-state index in [0.29, 0.717) is 18.0 Å². The molecular formula is C14H14FNO. The fourth-order valence-corrected chi connectivity index (χ4v) is 1.56. The van der Waals surface area contributed by atoms with Crippen LogP contribution in [0, 0.1) is 5.82 Å². The van der Waals surface area contributed by atoms with Crippen LogP contribution < -0.4 is 10.1 Å². The Morgan fingerprint density at radius 2 is 1.88 bits per heavy atom. The fraction of sp³-hybridized carbons (Fsp3) is 0.143. The van der Waals surface area contributed by atoms with Gasteiger partial charge in [0.2, 0.25) is 0 Å². The van der Waals surface area contributed by atoms with Crippen LogP contribution in [0.4, 0.5) is 10.1 Å². The molecule has 0 bridgehead atoms. The van der Waals surface area contributed by atoms with Gasteiger partial charge >= 0.3 is 0 Å². The number of methoxy groups -OCH3 is 1. The average Bonchev–Trinajstić information content (AvgIpc) is 2.39. The summed E-state index contributed by atoms with van der Waals surface area (Å²) >= 11 is 0. The summed E-state index contributed by atoms with van der Waals surface area (Å²) in [5.74, 6) is 0.365. The molecule has 88 valence electrons. The highest BCUT2D eigenvalue weighted by Gasteiger charge is 2.03. The van der Waals surface area contributed by atoms with Gasteiger partial charge in [-0.2, -0.15) is 0 Å². The molecule has 17 heavy (non-hydrogen) atoms. The summed E-state index contributed by atoms with van der Waals surface area (Å²) in [5, 5.41) is 3.05. The molecule has 1 N–H and O–H groups in total. The summed E-state index contributed by atoms with van der Waals surface area (Å²) in [6.45, 7) is 0.588. The van der Waals surface area contributed by atoms with Crippen molar-refractivity contribution in [1.82, 2.24) is 0 Å². The molecule has 0 unspecified atom stereocenters. The Labute approximate surface area is 100 Å². The standard InChI is InChI=1S/C14H14FNO/c1-17-12-7-8-13(15)14(9-12)16-10-11-5-3-2-4-6-11/h2-9,16H,10H2,1H3. The van der Waals surface area contributed by atoms with E-state index in [1.807, 2.05) is 30.3 Å². The van der Waals surface area contributed by atoms with Gasteiger partial charge < -0.3 is 10.1 Å². The minimum absolute atomic E-state index is 0.276. The molecule has 0 atom stereocenters. The van der Waals surface area contributed by atoms with Gasteiger partial charge in [0.05, 0.1) is 12.8 Å². The molecule has 0 aliphatic carbocycles. The van der Waals surface area contributed by atoms with Crippen molar-refractivity contribution in [3.8, 4) is 5.75 Å². The molecule has 2 rings (SSSR count). The summed E-state index contributed by atoms with van der Waals surface area (Å²) in [7, 11) is 1.56. The third-order valence-electron chi connectivity index (χ3n) is 2.50. The maximum atomic E-state index is 13.5. The van der Waals surface area contributed by atoms with Gasteiger partial charge in [-0.15, -0.1) is 0 Å². The number of hydrogen-bond donors (Lipinski definition) is 1. The van der Waals surface area contributed by atoms with Crippen LogP contribution in [0.2, 0.25) is 0 Å². The first-order valence-electron chi connectivity index (χ1n) is 5.41. The van der Waals surface area contributed by atoms with Crippen molar-refractivity contribution in [3.63, 3.8) is 0 Å². The molecule has 0 aliphatic heterocycles. The van der Waals surface area contributed by atoms with Gasteiger partial charge in [0.1, 0.15) is 11.6 Å². The topological polar surface area (TPSA) is 21.3 Å². The molecular weight excluding hydrogens is 217 g/mol. The first kappa shape index (κ1) is 11.5. The zero-order valence-electron chi connectivity index (χ0n) is 9.61. The maximum Gasteiger partial charge on any atom is 0.146 e. The second kappa shape index (κ2) is 5.34. The van der Waals surface area contributed by atoms with Gasteiger partial charge in [-0.05, 0) is 17.7 Å². The van der Waals surface area contributed by atoms with Crippen molar-refractivity contribution in [2.75, 3.05) is 12.4 Å². The number of halogens is 1. The zero-order valence-corrected chi connectivity index (χ0v) is 9.61. The van der Waals surface area contributed by atoms with Crippen molar-refractivity contribution in [1.29, 1.82) is 0 Å². The van der Waals surface area contributed by atoms with Crippen LogP contribution in [0.25, 0.3) is 0 Å². The van der Waals surface area contributed by atoms with Gasteiger partial charge in [-0.3, -0.25) is 0 Å². The first-order valence-corrected chi connectivity index (χ1v) is 5.41. The summed E-state index contributed by atoms with van der Waals surface area (Å²) in [4.78, 5) is 0. The third-order valence-corrected chi connectivity index (χ3v) is 2.50. The quantitative estimate of drug-likeness (QED) is 0.870. The number of rotatable bonds is 4. The van der Waals surface area contributed by atoms with E-state index < -0.39 is 0 Å². The smallest absolute Gasteiger partial charge is 0.146 e. The summed E-state index contributed by atoms with van der Waals surface area (Å²) in [6.07, 6.45) is 0. The predicted octanol–water partition coefficient (Wildman–Crippen LogP) is 3.45. The van der Waals surface area contributed by atoms with Crippen LogP contribution in [-0.2, 0) is 6.54 Å². The zero-order chi connectivity index (χ0) is 12.1. The lowest BCUT2D eigenvalue weighted by Crippen LogP contribution is -2.01. The maximum absolute atomic E-state index is 13.5. The van der Waals surface area contributed by atoms with E-state index in [1.165, 1.54) is 6.07 Å². The van der Waals surface area contributed by atoms with Gasteiger partial charge in [0.15, 0.2) is 0 Å². The molecule has 0 fully saturated rings. The highest BCUT2D eigenvalue weighted by atomic mass is 19.1.